The van der Waals surface area contributed by atoms with Crippen molar-refractivity contribution in [3.63, 3.8) is 0 Å². The number of aromatic nitrogens is 1. The fraction of sp³-hybridized carbons (Fsp3) is 0.533. The van der Waals surface area contributed by atoms with Crippen LogP contribution in [0.15, 0.2) is 22.6 Å². The first-order valence-electron chi connectivity index (χ1n) is 7.11. The Labute approximate surface area is 113 Å². The van der Waals surface area contributed by atoms with E-state index in [0.717, 1.165) is 29.5 Å². The molecule has 19 heavy (non-hydrogen) atoms. The minimum atomic E-state index is 0.589. The monoisotopic (exact) mass is 259 g/mol. The topological polar surface area (TPSA) is 64.1 Å². The second-order valence-corrected chi connectivity index (χ2v) is 5.72. The standard InChI is InChI=1S/C15H21N3O/c1-10-5-7-11(8-6-10)9-17-15-18-14-12(16)3-2-4-13(14)19-15/h2-4,10-11H,5-9,16H2,1H3,(H,17,18). The lowest BCUT2D eigenvalue weighted by atomic mass is 9.83. The van der Waals surface area contributed by atoms with E-state index in [0.29, 0.717) is 11.7 Å². The maximum Gasteiger partial charge on any atom is 0.295 e. The number of hydrogen-bond acceptors (Lipinski definition) is 4. The van der Waals surface area contributed by atoms with Crippen molar-refractivity contribution in [2.24, 2.45) is 11.8 Å². The van der Waals surface area contributed by atoms with Crippen molar-refractivity contribution in [2.45, 2.75) is 32.6 Å². The first kappa shape index (κ1) is 12.3. The normalized spacial score (nSPS) is 23.6. The second kappa shape index (κ2) is 5.11. The highest BCUT2D eigenvalue weighted by Crippen LogP contribution is 2.29. The van der Waals surface area contributed by atoms with Gasteiger partial charge in [0.1, 0.15) is 5.52 Å². The fourth-order valence-electron chi connectivity index (χ4n) is 2.81. The molecule has 3 N–H and O–H groups in total. The lowest BCUT2D eigenvalue weighted by Crippen LogP contribution is -2.20. The highest BCUT2D eigenvalue weighted by molar-refractivity contribution is 5.86. The van der Waals surface area contributed by atoms with E-state index < -0.39 is 0 Å². The zero-order valence-corrected chi connectivity index (χ0v) is 11.4. The van der Waals surface area contributed by atoms with Gasteiger partial charge in [0, 0.05) is 6.54 Å². The zero-order chi connectivity index (χ0) is 13.2. The van der Waals surface area contributed by atoms with Crippen molar-refractivity contribution in [1.82, 2.24) is 4.98 Å². The Hall–Kier alpha value is -1.71. The van der Waals surface area contributed by atoms with Gasteiger partial charge < -0.3 is 15.5 Å². The number of hydrogen-bond donors (Lipinski definition) is 2. The summed E-state index contributed by atoms with van der Waals surface area (Å²) < 4.78 is 5.66. The van der Waals surface area contributed by atoms with E-state index in [1.54, 1.807) is 0 Å². The molecule has 1 fully saturated rings. The van der Waals surface area contributed by atoms with E-state index in [4.69, 9.17) is 10.2 Å². The van der Waals surface area contributed by atoms with Gasteiger partial charge in [-0.3, -0.25) is 0 Å². The molecule has 0 spiro atoms. The van der Waals surface area contributed by atoms with Crippen molar-refractivity contribution >= 4 is 22.8 Å². The first-order chi connectivity index (χ1) is 9.22. The van der Waals surface area contributed by atoms with Crippen LogP contribution >= 0.6 is 0 Å². The van der Waals surface area contributed by atoms with Crippen LogP contribution in [0.5, 0.6) is 0 Å². The predicted molar refractivity (Wildman–Crippen MR) is 78.0 cm³/mol. The second-order valence-electron chi connectivity index (χ2n) is 5.72. The van der Waals surface area contributed by atoms with Crippen LogP contribution in [0.4, 0.5) is 11.7 Å². The van der Waals surface area contributed by atoms with Crippen LogP contribution in [0.2, 0.25) is 0 Å². The third-order valence-electron chi connectivity index (χ3n) is 4.13. The predicted octanol–water partition coefficient (Wildman–Crippen LogP) is 3.65. The molecule has 0 radical (unpaired) electrons. The molecule has 4 heteroatoms. The third kappa shape index (κ3) is 2.67. The molecule has 0 saturated heterocycles. The Morgan fingerprint density at radius 3 is 2.84 bits per heavy atom. The molecule has 1 aliphatic rings. The maximum absolute atomic E-state index is 5.87. The van der Waals surface area contributed by atoms with Gasteiger partial charge in [-0.25, -0.2) is 0 Å². The molecule has 4 nitrogen and oxygen atoms in total. The molecule has 1 aromatic heterocycles. The third-order valence-corrected chi connectivity index (χ3v) is 4.13. The Morgan fingerprint density at radius 1 is 1.32 bits per heavy atom. The Kier molecular flexibility index (Phi) is 3.32. The summed E-state index contributed by atoms with van der Waals surface area (Å²) in [5, 5.41) is 3.31. The molecule has 1 aliphatic carbocycles. The van der Waals surface area contributed by atoms with Crippen LogP contribution in [0.3, 0.4) is 0 Å². The van der Waals surface area contributed by atoms with Crippen LogP contribution in [0.25, 0.3) is 11.1 Å². The summed E-state index contributed by atoms with van der Waals surface area (Å²) in [6.07, 6.45) is 5.28. The van der Waals surface area contributed by atoms with E-state index in [9.17, 15) is 0 Å². The quantitative estimate of drug-likeness (QED) is 0.826. The Balaban J connectivity index is 1.64. The molecular formula is C15H21N3O. The van der Waals surface area contributed by atoms with E-state index in [1.807, 2.05) is 18.2 Å². The molecule has 0 unspecified atom stereocenters. The summed E-state index contributed by atoms with van der Waals surface area (Å²) in [5.74, 6) is 1.63. The largest absolute Gasteiger partial charge is 0.423 e. The summed E-state index contributed by atoms with van der Waals surface area (Å²) in [7, 11) is 0. The minimum Gasteiger partial charge on any atom is -0.423 e. The molecule has 0 bridgehead atoms. The number of rotatable bonds is 3. The average Bonchev–Trinajstić information content (AvgIpc) is 2.83. The maximum atomic E-state index is 5.87. The average molecular weight is 259 g/mol. The van der Waals surface area contributed by atoms with Crippen molar-refractivity contribution < 1.29 is 4.42 Å². The van der Waals surface area contributed by atoms with Crippen LogP contribution in [0, 0.1) is 11.8 Å². The summed E-state index contributed by atoms with van der Waals surface area (Å²) in [5.41, 5.74) is 8.04. The van der Waals surface area contributed by atoms with Gasteiger partial charge in [-0.2, -0.15) is 4.98 Å². The zero-order valence-electron chi connectivity index (χ0n) is 11.4. The fourth-order valence-corrected chi connectivity index (χ4v) is 2.81. The summed E-state index contributed by atoms with van der Waals surface area (Å²) in [4.78, 5) is 4.41. The number of benzene rings is 1. The van der Waals surface area contributed by atoms with Gasteiger partial charge in [0.25, 0.3) is 6.01 Å². The van der Waals surface area contributed by atoms with E-state index >= 15 is 0 Å². The molecule has 1 aromatic carbocycles. The Bertz CT molecular complexity index is 556. The van der Waals surface area contributed by atoms with Crippen LogP contribution in [-0.2, 0) is 0 Å². The molecule has 102 valence electrons. The highest BCUT2D eigenvalue weighted by atomic mass is 16.4. The van der Waals surface area contributed by atoms with Gasteiger partial charge in [-0.15, -0.1) is 0 Å². The molecule has 0 amide bonds. The summed E-state index contributed by atoms with van der Waals surface area (Å²) in [6.45, 7) is 3.28. The van der Waals surface area contributed by atoms with Gasteiger partial charge in [-0.1, -0.05) is 25.8 Å². The number of nitrogens with two attached hydrogens (primary N) is 1. The van der Waals surface area contributed by atoms with E-state index in [-0.39, 0.29) is 0 Å². The Morgan fingerprint density at radius 2 is 2.11 bits per heavy atom. The van der Waals surface area contributed by atoms with Crippen molar-refractivity contribution in [3.05, 3.63) is 18.2 Å². The van der Waals surface area contributed by atoms with Crippen LogP contribution in [-0.4, -0.2) is 11.5 Å². The number of nitrogens with zero attached hydrogens (tertiary/aromatic N) is 1. The van der Waals surface area contributed by atoms with Crippen LogP contribution < -0.4 is 11.1 Å². The summed E-state index contributed by atoms with van der Waals surface area (Å²) >= 11 is 0. The smallest absolute Gasteiger partial charge is 0.295 e. The molecule has 2 aromatic rings. The van der Waals surface area contributed by atoms with Gasteiger partial charge in [0.2, 0.25) is 0 Å². The highest BCUT2D eigenvalue weighted by Gasteiger charge is 2.18. The van der Waals surface area contributed by atoms with E-state index in [2.05, 4.69) is 17.2 Å². The molecule has 1 saturated carbocycles. The molecule has 0 atom stereocenters. The number of oxazole rings is 1. The molecule has 1 heterocycles. The lowest BCUT2D eigenvalue weighted by molar-refractivity contribution is 0.299. The number of anilines is 2. The van der Waals surface area contributed by atoms with Crippen molar-refractivity contribution in [2.75, 3.05) is 17.6 Å². The molecule has 3 rings (SSSR count). The van der Waals surface area contributed by atoms with Crippen molar-refractivity contribution in [1.29, 1.82) is 0 Å². The van der Waals surface area contributed by atoms with Gasteiger partial charge >= 0.3 is 0 Å². The number of nitrogens with one attached hydrogen (secondary N) is 1. The molecular weight excluding hydrogens is 238 g/mol. The lowest BCUT2D eigenvalue weighted by Gasteiger charge is -2.25. The van der Waals surface area contributed by atoms with Gasteiger partial charge in [0.15, 0.2) is 5.58 Å². The summed E-state index contributed by atoms with van der Waals surface area (Å²) in [6, 6.07) is 6.21. The van der Waals surface area contributed by atoms with Gasteiger partial charge in [-0.05, 0) is 36.8 Å². The van der Waals surface area contributed by atoms with Crippen LogP contribution in [0.1, 0.15) is 32.6 Å². The van der Waals surface area contributed by atoms with Crippen molar-refractivity contribution in [3.8, 4) is 0 Å². The number of nitrogen functional groups attached to an aromatic ring is 1. The van der Waals surface area contributed by atoms with Gasteiger partial charge in [0.05, 0.1) is 5.69 Å². The molecule has 0 aliphatic heterocycles. The first-order valence-corrected chi connectivity index (χ1v) is 7.11. The van der Waals surface area contributed by atoms with E-state index in [1.165, 1.54) is 25.7 Å². The SMILES string of the molecule is CC1CCC(CNc2nc3c(N)cccc3o2)CC1. The minimum absolute atomic E-state index is 0.589. The number of para-hydroxylation sites is 1. The number of fused-ring (bicyclic) bond motifs is 1.